The first-order chi connectivity index (χ1) is 17.7. The van der Waals surface area contributed by atoms with Gasteiger partial charge in [-0.3, -0.25) is 14.8 Å². The maximum atomic E-state index is 13.2. The van der Waals surface area contributed by atoms with Gasteiger partial charge in [0.15, 0.2) is 0 Å². The van der Waals surface area contributed by atoms with E-state index in [4.69, 9.17) is 9.47 Å². The molecule has 2 heterocycles. The second-order valence-corrected chi connectivity index (χ2v) is 8.34. The molecule has 0 unspecified atom stereocenters. The molecule has 12 heteroatoms. The first kappa shape index (κ1) is 25.9. The van der Waals surface area contributed by atoms with Crippen molar-refractivity contribution in [3.8, 4) is 5.75 Å². The number of anilines is 1. The van der Waals surface area contributed by atoms with Gasteiger partial charge in [-0.2, -0.15) is 5.10 Å². The summed E-state index contributed by atoms with van der Waals surface area (Å²) in [5.41, 5.74) is 3.54. The fraction of sp³-hybridized carbons (Fsp3) is 0.280. The molecule has 192 valence electrons. The van der Waals surface area contributed by atoms with Crippen molar-refractivity contribution in [2.24, 2.45) is 0 Å². The predicted molar refractivity (Wildman–Crippen MR) is 138 cm³/mol. The summed E-state index contributed by atoms with van der Waals surface area (Å²) in [6.45, 7) is 6.44. The van der Waals surface area contributed by atoms with E-state index >= 15 is 0 Å². The van der Waals surface area contributed by atoms with Gasteiger partial charge in [0.05, 0.1) is 37.0 Å². The number of ether oxygens (including phenoxy) is 2. The molecule has 0 aliphatic carbocycles. The molecule has 0 aliphatic rings. The maximum Gasteiger partial charge on any atom is 0.488 e. The van der Waals surface area contributed by atoms with Crippen molar-refractivity contribution in [1.82, 2.24) is 19.3 Å². The third-order valence-corrected chi connectivity index (χ3v) is 5.82. The zero-order valence-electron chi connectivity index (χ0n) is 21.1. The van der Waals surface area contributed by atoms with Crippen molar-refractivity contribution in [3.63, 3.8) is 0 Å². The molecule has 0 fully saturated rings. The van der Waals surface area contributed by atoms with E-state index in [2.05, 4.69) is 15.4 Å². The molecule has 4 rings (SSSR count). The zero-order valence-corrected chi connectivity index (χ0v) is 21.1. The van der Waals surface area contributed by atoms with Crippen molar-refractivity contribution in [1.29, 1.82) is 0 Å². The largest absolute Gasteiger partial charge is 0.494 e. The summed E-state index contributed by atoms with van der Waals surface area (Å²) in [5.74, 6) is -0.275. The van der Waals surface area contributed by atoms with Gasteiger partial charge in [0.25, 0.3) is 5.91 Å². The molecular formula is C25H28BN5O6. The Morgan fingerprint density at radius 2 is 1.84 bits per heavy atom. The quantitative estimate of drug-likeness (QED) is 0.231. The number of rotatable bonds is 9. The van der Waals surface area contributed by atoms with Crippen LogP contribution >= 0.6 is 0 Å². The maximum absolute atomic E-state index is 13.2. The van der Waals surface area contributed by atoms with E-state index in [0.717, 1.165) is 5.56 Å². The van der Waals surface area contributed by atoms with Crippen LogP contribution in [0, 0.1) is 6.92 Å². The molecule has 2 aromatic heterocycles. The zero-order chi connectivity index (χ0) is 26.7. The number of hydrogen-bond acceptors (Lipinski definition) is 8. The Bertz CT molecular complexity index is 1440. The van der Waals surface area contributed by atoms with Crippen molar-refractivity contribution in [2.45, 2.75) is 33.9 Å². The Labute approximate surface area is 213 Å². The average molecular weight is 505 g/mol. The molecule has 0 radical (unpaired) electrons. The van der Waals surface area contributed by atoms with Gasteiger partial charge in [0.2, 0.25) is 5.95 Å². The number of amides is 1. The number of imidazole rings is 1. The number of methoxy groups -OCH3 is 1. The Balaban J connectivity index is 1.82. The van der Waals surface area contributed by atoms with Crippen LogP contribution in [0.25, 0.3) is 11.0 Å². The summed E-state index contributed by atoms with van der Waals surface area (Å²) < 4.78 is 14.1. The van der Waals surface area contributed by atoms with Gasteiger partial charge >= 0.3 is 13.1 Å². The molecule has 0 spiro atoms. The molecule has 0 bridgehead atoms. The number of fused-ring (bicyclic) bond motifs is 1. The summed E-state index contributed by atoms with van der Waals surface area (Å²) in [6.07, 6.45) is 0. The van der Waals surface area contributed by atoms with E-state index in [-0.39, 0.29) is 30.6 Å². The molecule has 0 aliphatic heterocycles. The number of hydrogen-bond donors (Lipinski definition) is 3. The van der Waals surface area contributed by atoms with E-state index < -0.39 is 13.1 Å². The van der Waals surface area contributed by atoms with Gasteiger partial charge in [0.1, 0.15) is 17.0 Å². The van der Waals surface area contributed by atoms with Crippen molar-refractivity contribution < 1.29 is 29.1 Å². The highest BCUT2D eigenvalue weighted by molar-refractivity contribution is 6.58. The fourth-order valence-electron chi connectivity index (χ4n) is 4.08. The Morgan fingerprint density at radius 1 is 1.11 bits per heavy atom. The van der Waals surface area contributed by atoms with E-state index in [1.807, 2.05) is 13.8 Å². The van der Waals surface area contributed by atoms with Crippen LogP contribution in [-0.2, 0) is 17.8 Å². The van der Waals surface area contributed by atoms with Crippen LogP contribution in [0.15, 0.2) is 42.5 Å². The van der Waals surface area contributed by atoms with Crippen LogP contribution < -0.4 is 15.5 Å². The first-order valence-electron chi connectivity index (χ1n) is 11.8. The molecule has 4 aromatic rings. The summed E-state index contributed by atoms with van der Waals surface area (Å²) in [5, 5.41) is 26.1. The molecule has 1 amide bonds. The highest BCUT2D eigenvalue weighted by Crippen LogP contribution is 2.32. The smallest absolute Gasteiger partial charge is 0.488 e. The number of benzene rings is 2. The third kappa shape index (κ3) is 5.35. The Hall–Kier alpha value is -4.16. The van der Waals surface area contributed by atoms with Gasteiger partial charge < -0.3 is 24.1 Å². The highest BCUT2D eigenvalue weighted by Gasteiger charge is 2.22. The van der Waals surface area contributed by atoms with Gasteiger partial charge in [-0.15, -0.1) is 0 Å². The number of esters is 1. The Morgan fingerprint density at radius 3 is 2.46 bits per heavy atom. The lowest BCUT2D eigenvalue weighted by Gasteiger charge is -2.13. The second kappa shape index (κ2) is 10.8. The number of aryl methyl sites for hydroxylation is 2. The lowest BCUT2D eigenvalue weighted by Crippen LogP contribution is -2.29. The number of carbonyl (C=O) groups excluding carboxylic acids is 2. The number of aromatic nitrogens is 4. The Kier molecular flexibility index (Phi) is 7.60. The molecule has 37 heavy (non-hydrogen) atoms. The summed E-state index contributed by atoms with van der Waals surface area (Å²) in [7, 11) is -0.0921. The second-order valence-electron chi connectivity index (χ2n) is 8.34. The van der Waals surface area contributed by atoms with Crippen molar-refractivity contribution in [3.05, 3.63) is 65.0 Å². The molecule has 0 saturated carbocycles. The first-order valence-corrected chi connectivity index (χ1v) is 11.8. The van der Waals surface area contributed by atoms with E-state index in [1.54, 1.807) is 58.6 Å². The van der Waals surface area contributed by atoms with Crippen molar-refractivity contribution in [2.75, 3.05) is 19.0 Å². The number of nitrogens with one attached hydrogen (secondary N) is 1. The van der Waals surface area contributed by atoms with E-state index in [0.29, 0.717) is 40.2 Å². The minimum Gasteiger partial charge on any atom is -0.494 e. The lowest BCUT2D eigenvalue weighted by atomic mass is 9.80. The molecular weight excluding hydrogens is 477 g/mol. The van der Waals surface area contributed by atoms with Crippen LogP contribution in [0.1, 0.15) is 46.0 Å². The van der Waals surface area contributed by atoms with Crippen LogP contribution in [0.5, 0.6) is 5.75 Å². The SMILES string of the molecule is CCOC(=O)c1cc(OC)c2c(c1)nc(NC(=O)c1cc(C)nn1CC)n2Cc1ccc(B(O)O)cc1. The monoisotopic (exact) mass is 505 g/mol. The van der Waals surface area contributed by atoms with Gasteiger partial charge in [-0.25, -0.2) is 9.78 Å². The van der Waals surface area contributed by atoms with Crippen LogP contribution in [-0.4, -0.2) is 62.1 Å². The van der Waals surface area contributed by atoms with Gasteiger partial charge in [-0.05, 0) is 50.0 Å². The molecule has 2 aromatic carbocycles. The average Bonchev–Trinajstić information content (AvgIpc) is 3.43. The molecule has 3 N–H and O–H groups in total. The third-order valence-electron chi connectivity index (χ3n) is 5.82. The fourth-order valence-corrected chi connectivity index (χ4v) is 4.08. The molecule has 11 nitrogen and oxygen atoms in total. The van der Waals surface area contributed by atoms with Crippen LogP contribution in [0.2, 0.25) is 0 Å². The van der Waals surface area contributed by atoms with Crippen LogP contribution in [0.4, 0.5) is 5.95 Å². The van der Waals surface area contributed by atoms with Gasteiger partial charge in [-0.1, -0.05) is 24.3 Å². The highest BCUT2D eigenvalue weighted by atomic mass is 16.5. The number of carbonyl (C=O) groups is 2. The van der Waals surface area contributed by atoms with Gasteiger partial charge in [0, 0.05) is 6.54 Å². The summed E-state index contributed by atoms with van der Waals surface area (Å²) in [6, 6.07) is 11.6. The minimum absolute atomic E-state index is 0.220. The van der Waals surface area contributed by atoms with E-state index in [1.165, 1.54) is 7.11 Å². The number of nitrogens with zero attached hydrogens (tertiary/aromatic N) is 4. The van der Waals surface area contributed by atoms with Crippen molar-refractivity contribution >= 4 is 41.4 Å². The van der Waals surface area contributed by atoms with E-state index in [9.17, 15) is 19.6 Å². The lowest BCUT2D eigenvalue weighted by molar-refractivity contribution is 0.0526. The topological polar surface area (TPSA) is 141 Å². The standard InChI is InChI=1S/C25H28BN5O6/c1-5-31-20(11-15(3)29-31)23(32)28-25-27-19-12-17(24(33)37-6-2)13-21(36-4)22(19)30(25)14-16-7-9-18(10-8-16)26(34)35/h7-13,34-35H,5-6,14H2,1-4H3,(H,27,28,32). The normalized spacial score (nSPS) is 11.0. The molecule has 0 atom stereocenters. The summed E-state index contributed by atoms with van der Waals surface area (Å²) >= 11 is 0. The predicted octanol–water partition coefficient (Wildman–Crippen LogP) is 1.73. The summed E-state index contributed by atoms with van der Waals surface area (Å²) in [4.78, 5) is 30.3. The van der Waals surface area contributed by atoms with Crippen LogP contribution in [0.3, 0.4) is 0 Å². The minimum atomic E-state index is -1.58. The molecule has 0 saturated heterocycles.